The zero-order valence-electron chi connectivity index (χ0n) is 18.0. The van der Waals surface area contributed by atoms with Crippen LogP contribution in [-0.2, 0) is 6.42 Å². The number of benzene rings is 2. The van der Waals surface area contributed by atoms with Crippen molar-refractivity contribution in [2.24, 2.45) is 0 Å². The lowest BCUT2D eigenvalue weighted by Gasteiger charge is -2.27. The maximum Gasteiger partial charge on any atom is 0.315 e. The predicted molar refractivity (Wildman–Crippen MR) is 115 cm³/mol. The van der Waals surface area contributed by atoms with Crippen LogP contribution in [0.4, 0.5) is 18.0 Å². The number of methoxy groups -OCH3 is 1. The van der Waals surface area contributed by atoms with E-state index in [1.54, 1.807) is 0 Å². The van der Waals surface area contributed by atoms with E-state index in [0.717, 1.165) is 12.1 Å². The minimum atomic E-state index is -0.924. The highest BCUT2D eigenvalue weighted by molar-refractivity contribution is 5.76. The summed E-state index contributed by atoms with van der Waals surface area (Å²) in [5.74, 6) is -1.83. The highest BCUT2D eigenvalue weighted by Gasteiger charge is 2.26. The summed E-state index contributed by atoms with van der Waals surface area (Å²) >= 11 is 0. The summed E-state index contributed by atoms with van der Waals surface area (Å²) < 4.78 is 47.8. The van der Waals surface area contributed by atoms with E-state index in [1.165, 1.54) is 25.3 Å². The van der Waals surface area contributed by atoms with Gasteiger partial charge in [-0.2, -0.15) is 0 Å². The fraction of sp³-hybridized carbons (Fsp3) is 0.391. The number of halogens is 3. The van der Waals surface area contributed by atoms with Crippen LogP contribution >= 0.6 is 0 Å². The molecular formula is C23H25F3N4O3. The van der Waals surface area contributed by atoms with E-state index >= 15 is 0 Å². The van der Waals surface area contributed by atoms with Gasteiger partial charge in [-0.15, -0.1) is 0 Å². The molecule has 0 saturated heterocycles. The van der Waals surface area contributed by atoms with E-state index < -0.39 is 29.5 Å². The molecule has 1 aromatic heterocycles. The highest BCUT2D eigenvalue weighted by atomic mass is 19.1. The Labute approximate surface area is 188 Å². The van der Waals surface area contributed by atoms with Gasteiger partial charge in [-0.1, -0.05) is 0 Å². The molecule has 0 unspecified atom stereocenters. The number of aromatic amines is 1. The summed E-state index contributed by atoms with van der Waals surface area (Å²) in [5, 5.41) is 15.2. The van der Waals surface area contributed by atoms with Crippen LogP contribution in [0.3, 0.4) is 0 Å². The SMILES string of the molecule is COc1cc(F)c(C[C@@H](NC(=O)NC2CCC(O)CC2)c2nc3ccc(F)cc3[nH]2)c(F)c1. The molecule has 1 atom stereocenters. The van der Waals surface area contributed by atoms with Crippen LogP contribution in [0.15, 0.2) is 30.3 Å². The van der Waals surface area contributed by atoms with E-state index in [1.807, 2.05) is 0 Å². The molecule has 4 rings (SSSR count). The van der Waals surface area contributed by atoms with E-state index in [2.05, 4.69) is 20.6 Å². The molecule has 1 aliphatic carbocycles. The van der Waals surface area contributed by atoms with E-state index in [9.17, 15) is 23.1 Å². The van der Waals surface area contributed by atoms with Crippen LogP contribution in [0.1, 0.15) is 43.1 Å². The molecule has 4 N–H and O–H groups in total. The number of imidazole rings is 1. The first-order chi connectivity index (χ1) is 15.8. The number of amides is 2. The normalized spacial score (nSPS) is 19.3. The third-order valence-corrected chi connectivity index (χ3v) is 5.89. The van der Waals surface area contributed by atoms with Gasteiger partial charge in [0.25, 0.3) is 0 Å². The largest absolute Gasteiger partial charge is 0.497 e. The maximum atomic E-state index is 14.6. The molecule has 2 aromatic carbocycles. The average Bonchev–Trinajstić information content (AvgIpc) is 3.20. The van der Waals surface area contributed by atoms with Gasteiger partial charge in [0.2, 0.25) is 0 Å². The third kappa shape index (κ3) is 5.39. The van der Waals surface area contributed by atoms with Gasteiger partial charge in [0.15, 0.2) is 0 Å². The Balaban J connectivity index is 1.59. The van der Waals surface area contributed by atoms with E-state index in [4.69, 9.17) is 4.74 Å². The lowest BCUT2D eigenvalue weighted by molar-refractivity contribution is 0.117. The molecule has 2 amide bonds. The number of carbonyl (C=O) groups is 1. The Morgan fingerprint density at radius 3 is 2.55 bits per heavy atom. The van der Waals surface area contributed by atoms with Crippen molar-refractivity contribution < 1.29 is 27.8 Å². The van der Waals surface area contributed by atoms with Crippen molar-refractivity contribution in [3.63, 3.8) is 0 Å². The summed E-state index contributed by atoms with van der Waals surface area (Å²) in [5.41, 5.74) is 0.609. The zero-order chi connectivity index (χ0) is 23.5. The van der Waals surface area contributed by atoms with Crippen molar-refractivity contribution in [3.05, 3.63) is 59.2 Å². The topological polar surface area (TPSA) is 99.3 Å². The Bertz CT molecular complexity index is 1120. The number of nitrogens with zero attached hydrogens (tertiary/aromatic N) is 1. The number of H-pyrrole nitrogens is 1. The molecule has 7 nitrogen and oxygen atoms in total. The Morgan fingerprint density at radius 1 is 1.18 bits per heavy atom. The summed E-state index contributed by atoms with van der Waals surface area (Å²) in [6.45, 7) is 0. The highest BCUT2D eigenvalue weighted by Crippen LogP contribution is 2.26. The molecule has 0 spiro atoms. The van der Waals surface area contributed by atoms with Crippen LogP contribution < -0.4 is 15.4 Å². The van der Waals surface area contributed by atoms with Crippen molar-refractivity contribution in [1.29, 1.82) is 0 Å². The number of hydrogen-bond acceptors (Lipinski definition) is 4. The minimum Gasteiger partial charge on any atom is -0.497 e. The molecule has 176 valence electrons. The van der Waals surface area contributed by atoms with E-state index in [-0.39, 0.29) is 35.7 Å². The molecule has 1 saturated carbocycles. The van der Waals surface area contributed by atoms with Crippen LogP contribution in [-0.4, -0.2) is 40.4 Å². The molecule has 1 fully saturated rings. The van der Waals surface area contributed by atoms with Crippen molar-refractivity contribution in [2.75, 3.05) is 7.11 Å². The van der Waals surface area contributed by atoms with Crippen LogP contribution in [0.2, 0.25) is 0 Å². The van der Waals surface area contributed by atoms with Gasteiger partial charge >= 0.3 is 6.03 Å². The first kappa shape index (κ1) is 22.9. The molecule has 10 heteroatoms. The molecule has 0 aliphatic heterocycles. The molecule has 1 aliphatic rings. The monoisotopic (exact) mass is 462 g/mol. The number of hydrogen-bond donors (Lipinski definition) is 4. The minimum absolute atomic E-state index is 0.0368. The van der Waals surface area contributed by atoms with Crippen molar-refractivity contribution in [3.8, 4) is 5.75 Å². The number of aromatic nitrogens is 2. The Hall–Kier alpha value is -3.27. The standard InChI is InChI=1S/C23H25F3N4O3/c1-33-15-9-17(25)16(18(26)10-15)11-21(22-28-19-7-2-12(24)8-20(19)29-22)30-23(32)27-13-3-5-14(31)6-4-13/h2,7-10,13-14,21,31H,3-6,11H2,1H3,(H,28,29)(H2,27,30,32)/t13?,14?,21-/m1/s1. The zero-order valence-corrected chi connectivity index (χ0v) is 18.0. The molecular weight excluding hydrogens is 437 g/mol. The first-order valence-electron chi connectivity index (χ1n) is 10.7. The van der Waals surface area contributed by atoms with Crippen LogP contribution in [0.5, 0.6) is 5.75 Å². The number of carbonyl (C=O) groups excluding carboxylic acids is 1. The average molecular weight is 462 g/mol. The van der Waals surface area contributed by atoms with Gasteiger partial charge in [0.05, 0.1) is 30.3 Å². The molecule has 0 radical (unpaired) electrons. The predicted octanol–water partition coefficient (Wildman–Crippen LogP) is 3.88. The molecule has 3 aromatic rings. The van der Waals surface area contributed by atoms with Gasteiger partial charge < -0.3 is 25.5 Å². The fourth-order valence-electron chi connectivity index (χ4n) is 4.08. The Kier molecular flexibility index (Phi) is 6.73. The smallest absolute Gasteiger partial charge is 0.315 e. The number of ether oxygens (including phenoxy) is 1. The second-order valence-electron chi connectivity index (χ2n) is 8.23. The van der Waals surface area contributed by atoms with Gasteiger partial charge in [-0.05, 0) is 43.9 Å². The quantitative estimate of drug-likeness (QED) is 0.447. The lowest BCUT2D eigenvalue weighted by atomic mass is 9.93. The number of aliphatic hydroxyl groups is 1. The Morgan fingerprint density at radius 2 is 1.88 bits per heavy atom. The van der Waals surface area contributed by atoms with Gasteiger partial charge in [0, 0.05) is 30.2 Å². The van der Waals surface area contributed by atoms with Crippen molar-refractivity contribution >= 4 is 17.1 Å². The maximum absolute atomic E-state index is 14.6. The summed E-state index contributed by atoms with van der Waals surface area (Å²) in [7, 11) is 1.31. The van der Waals surface area contributed by atoms with Gasteiger partial charge in [-0.25, -0.2) is 22.9 Å². The van der Waals surface area contributed by atoms with Gasteiger partial charge in [-0.3, -0.25) is 0 Å². The number of rotatable bonds is 6. The number of aliphatic hydroxyl groups excluding tert-OH is 1. The fourth-order valence-corrected chi connectivity index (χ4v) is 4.08. The second kappa shape index (κ2) is 9.70. The molecule has 1 heterocycles. The van der Waals surface area contributed by atoms with Crippen LogP contribution in [0, 0.1) is 17.5 Å². The van der Waals surface area contributed by atoms with Crippen molar-refractivity contribution in [1.82, 2.24) is 20.6 Å². The van der Waals surface area contributed by atoms with Gasteiger partial charge in [0.1, 0.15) is 29.0 Å². The number of nitrogens with one attached hydrogen (secondary N) is 3. The molecule has 33 heavy (non-hydrogen) atoms. The number of fused-ring (bicyclic) bond motifs is 1. The van der Waals surface area contributed by atoms with Crippen LogP contribution in [0.25, 0.3) is 11.0 Å². The second-order valence-corrected chi connectivity index (χ2v) is 8.23. The number of urea groups is 1. The summed E-state index contributed by atoms with van der Waals surface area (Å²) in [6, 6.07) is 4.55. The first-order valence-corrected chi connectivity index (χ1v) is 10.7. The molecule has 0 bridgehead atoms. The van der Waals surface area contributed by atoms with E-state index in [0.29, 0.717) is 36.7 Å². The third-order valence-electron chi connectivity index (χ3n) is 5.89. The lowest BCUT2D eigenvalue weighted by Crippen LogP contribution is -2.45. The van der Waals surface area contributed by atoms with Crippen molar-refractivity contribution in [2.45, 2.75) is 50.3 Å². The summed E-state index contributed by atoms with van der Waals surface area (Å²) in [4.78, 5) is 20.0. The summed E-state index contributed by atoms with van der Waals surface area (Å²) in [6.07, 6.45) is 1.84.